The molecule has 5 heteroatoms. The summed E-state index contributed by atoms with van der Waals surface area (Å²) < 4.78 is 5.63. The van der Waals surface area contributed by atoms with Gasteiger partial charge in [-0.2, -0.15) is 5.26 Å². The summed E-state index contributed by atoms with van der Waals surface area (Å²) in [5.74, 6) is 0.0103. The zero-order chi connectivity index (χ0) is 15.2. The molecule has 0 aliphatic rings. The number of aliphatic carboxylic acids is 1. The zero-order valence-corrected chi connectivity index (χ0v) is 11.3. The van der Waals surface area contributed by atoms with Crippen molar-refractivity contribution in [3.8, 4) is 17.7 Å². The maximum atomic E-state index is 10.5. The molecule has 0 saturated carbocycles. The van der Waals surface area contributed by atoms with Crippen LogP contribution in [-0.2, 0) is 4.79 Å². The van der Waals surface area contributed by atoms with Gasteiger partial charge in [-0.15, -0.1) is 0 Å². The number of pyridine rings is 1. The van der Waals surface area contributed by atoms with E-state index < -0.39 is 5.97 Å². The van der Waals surface area contributed by atoms with E-state index in [4.69, 9.17) is 15.1 Å². The van der Waals surface area contributed by atoms with Crippen LogP contribution in [0.5, 0.6) is 11.6 Å². The van der Waals surface area contributed by atoms with Gasteiger partial charge in [0.2, 0.25) is 5.88 Å². The van der Waals surface area contributed by atoms with Crippen molar-refractivity contribution in [2.45, 2.75) is 6.92 Å². The number of hydrogen-bond donors (Lipinski definition) is 1. The van der Waals surface area contributed by atoms with Crippen LogP contribution in [-0.4, -0.2) is 16.1 Å². The van der Waals surface area contributed by atoms with E-state index in [0.29, 0.717) is 22.8 Å². The molecule has 0 aliphatic carbocycles. The Morgan fingerprint density at radius 2 is 2.10 bits per heavy atom. The average Bonchev–Trinajstić information content (AvgIpc) is 2.48. The lowest BCUT2D eigenvalue weighted by Crippen LogP contribution is -1.93. The minimum absolute atomic E-state index is 0.437. The molecule has 1 aromatic carbocycles. The topological polar surface area (TPSA) is 83.2 Å². The Kier molecular flexibility index (Phi) is 4.32. The Balaban J connectivity index is 2.17. The van der Waals surface area contributed by atoms with Gasteiger partial charge in [0.25, 0.3) is 0 Å². The Bertz CT molecular complexity index is 728. The molecule has 5 nitrogen and oxygen atoms in total. The molecule has 0 bridgehead atoms. The quantitative estimate of drug-likeness (QED) is 0.870. The number of carboxylic acids is 1. The van der Waals surface area contributed by atoms with Gasteiger partial charge in [-0.1, -0.05) is 0 Å². The maximum Gasteiger partial charge on any atom is 0.328 e. The van der Waals surface area contributed by atoms with Crippen LogP contribution >= 0.6 is 0 Å². The first-order valence-corrected chi connectivity index (χ1v) is 6.14. The number of aromatic nitrogens is 1. The van der Waals surface area contributed by atoms with Crippen molar-refractivity contribution in [1.82, 2.24) is 4.98 Å². The van der Waals surface area contributed by atoms with Crippen LogP contribution in [0.3, 0.4) is 0 Å². The summed E-state index contributed by atoms with van der Waals surface area (Å²) in [6.07, 6.45) is 4.05. The molecule has 21 heavy (non-hydrogen) atoms. The second-order valence-corrected chi connectivity index (χ2v) is 4.30. The molecular formula is C16H12N2O3. The molecule has 0 atom stereocenters. The lowest BCUT2D eigenvalue weighted by atomic mass is 10.2. The van der Waals surface area contributed by atoms with Crippen LogP contribution in [0.4, 0.5) is 0 Å². The van der Waals surface area contributed by atoms with Crippen LogP contribution in [0.1, 0.15) is 16.7 Å². The Morgan fingerprint density at radius 3 is 2.67 bits per heavy atom. The van der Waals surface area contributed by atoms with E-state index in [9.17, 15) is 4.79 Å². The molecular weight excluding hydrogens is 268 g/mol. The van der Waals surface area contributed by atoms with Gasteiger partial charge in [-0.25, -0.2) is 9.78 Å². The number of ether oxygens (including phenoxy) is 1. The summed E-state index contributed by atoms with van der Waals surface area (Å²) in [4.78, 5) is 14.6. The second kappa shape index (κ2) is 6.35. The lowest BCUT2D eigenvalue weighted by molar-refractivity contribution is -0.131. The number of benzene rings is 1. The minimum Gasteiger partial charge on any atom is -0.478 e. The molecule has 1 N–H and O–H groups in total. The predicted molar refractivity (Wildman–Crippen MR) is 76.9 cm³/mol. The van der Waals surface area contributed by atoms with Crippen LogP contribution in [0.25, 0.3) is 6.08 Å². The fourth-order valence-electron chi connectivity index (χ4n) is 1.66. The van der Waals surface area contributed by atoms with E-state index in [2.05, 4.69) is 4.98 Å². The Hall–Kier alpha value is -3.13. The molecule has 0 fully saturated rings. The van der Waals surface area contributed by atoms with Gasteiger partial charge in [0.15, 0.2) is 0 Å². The largest absolute Gasteiger partial charge is 0.478 e. The molecule has 0 amide bonds. The highest BCUT2D eigenvalue weighted by atomic mass is 16.5. The average molecular weight is 280 g/mol. The highest BCUT2D eigenvalue weighted by Crippen LogP contribution is 2.23. The third-order valence-corrected chi connectivity index (χ3v) is 2.67. The summed E-state index contributed by atoms with van der Waals surface area (Å²) in [7, 11) is 0. The highest BCUT2D eigenvalue weighted by molar-refractivity contribution is 5.85. The van der Waals surface area contributed by atoms with Gasteiger partial charge in [-0.3, -0.25) is 0 Å². The minimum atomic E-state index is -1.01. The van der Waals surface area contributed by atoms with E-state index in [-0.39, 0.29) is 0 Å². The molecule has 0 saturated heterocycles. The first kappa shape index (κ1) is 14.3. The molecule has 2 aromatic rings. The molecule has 0 spiro atoms. The standard InChI is InChI=1S/C16H12N2O3/c1-11-8-13(4-7-15(19)20)10-18-16(11)21-14-5-2-12(9-17)3-6-14/h2-8,10H,1H3,(H,19,20)/b7-4+. The summed E-state index contributed by atoms with van der Waals surface area (Å²) in [6, 6.07) is 10.5. The number of aryl methyl sites for hydroxylation is 1. The van der Waals surface area contributed by atoms with Crippen molar-refractivity contribution < 1.29 is 14.6 Å². The first-order valence-electron chi connectivity index (χ1n) is 6.14. The third-order valence-electron chi connectivity index (χ3n) is 2.67. The van der Waals surface area contributed by atoms with Gasteiger partial charge in [-0.05, 0) is 48.9 Å². The molecule has 0 radical (unpaired) electrons. The monoisotopic (exact) mass is 280 g/mol. The molecule has 104 valence electrons. The fraction of sp³-hybridized carbons (Fsp3) is 0.0625. The smallest absolute Gasteiger partial charge is 0.328 e. The van der Waals surface area contributed by atoms with Crippen molar-refractivity contribution in [3.63, 3.8) is 0 Å². The van der Waals surface area contributed by atoms with E-state index in [0.717, 1.165) is 11.6 Å². The third kappa shape index (κ3) is 3.91. The van der Waals surface area contributed by atoms with Gasteiger partial charge < -0.3 is 9.84 Å². The number of carboxylic acid groups (broad SMARTS) is 1. The molecule has 0 aliphatic heterocycles. The van der Waals surface area contributed by atoms with Crippen molar-refractivity contribution >= 4 is 12.0 Å². The molecule has 2 rings (SSSR count). The van der Waals surface area contributed by atoms with E-state index in [1.165, 1.54) is 12.3 Å². The molecule has 0 unspecified atom stereocenters. The van der Waals surface area contributed by atoms with E-state index >= 15 is 0 Å². The van der Waals surface area contributed by atoms with Crippen molar-refractivity contribution in [2.75, 3.05) is 0 Å². The van der Waals surface area contributed by atoms with E-state index in [1.54, 1.807) is 30.3 Å². The number of rotatable bonds is 4. The first-order chi connectivity index (χ1) is 10.1. The zero-order valence-electron chi connectivity index (χ0n) is 11.3. The summed E-state index contributed by atoms with van der Waals surface area (Å²) in [5, 5.41) is 17.3. The predicted octanol–water partition coefficient (Wildman–Crippen LogP) is 3.15. The Morgan fingerprint density at radius 1 is 1.38 bits per heavy atom. The lowest BCUT2D eigenvalue weighted by Gasteiger charge is -2.08. The van der Waals surface area contributed by atoms with Gasteiger partial charge in [0.05, 0.1) is 11.6 Å². The highest BCUT2D eigenvalue weighted by Gasteiger charge is 2.04. The second-order valence-electron chi connectivity index (χ2n) is 4.30. The fourth-order valence-corrected chi connectivity index (χ4v) is 1.66. The molecule has 1 heterocycles. The van der Waals surface area contributed by atoms with Gasteiger partial charge in [0.1, 0.15) is 5.75 Å². The van der Waals surface area contributed by atoms with Crippen LogP contribution in [0.15, 0.2) is 42.6 Å². The van der Waals surface area contributed by atoms with Crippen LogP contribution < -0.4 is 4.74 Å². The normalized spacial score (nSPS) is 10.3. The number of hydrogen-bond acceptors (Lipinski definition) is 4. The van der Waals surface area contributed by atoms with Crippen molar-refractivity contribution in [1.29, 1.82) is 5.26 Å². The van der Waals surface area contributed by atoms with Gasteiger partial charge in [0, 0.05) is 17.8 Å². The SMILES string of the molecule is Cc1cc(/C=C/C(=O)O)cnc1Oc1ccc(C#N)cc1. The van der Waals surface area contributed by atoms with Crippen molar-refractivity contribution in [3.05, 3.63) is 59.3 Å². The number of nitriles is 1. The number of nitrogens with zero attached hydrogens (tertiary/aromatic N) is 2. The van der Waals surface area contributed by atoms with Crippen molar-refractivity contribution in [2.24, 2.45) is 0 Å². The summed E-state index contributed by atoms with van der Waals surface area (Å²) in [5.41, 5.74) is 2.02. The van der Waals surface area contributed by atoms with Gasteiger partial charge >= 0.3 is 5.97 Å². The van der Waals surface area contributed by atoms with Crippen LogP contribution in [0.2, 0.25) is 0 Å². The summed E-state index contributed by atoms with van der Waals surface area (Å²) in [6.45, 7) is 1.82. The Labute approximate surface area is 121 Å². The maximum absolute atomic E-state index is 10.5. The number of carbonyl (C=O) groups is 1. The summed E-state index contributed by atoms with van der Waals surface area (Å²) >= 11 is 0. The van der Waals surface area contributed by atoms with E-state index in [1.807, 2.05) is 13.0 Å². The molecule has 1 aromatic heterocycles. The van der Waals surface area contributed by atoms with Crippen LogP contribution in [0, 0.1) is 18.3 Å².